The molecule has 0 N–H and O–H groups in total. The monoisotopic (exact) mass is 353 g/mol. The van der Waals surface area contributed by atoms with E-state index in [1.54, 1.807) is 30.7 Å². The van der Waals surface area contributed by atoms with E-state index in [0.29, 0.717) is 24.5 Å². The van der Waals surface area contributed by atoms with Crippen molar-refractivity contribution in [1.29, 1.82) is 0 Å². The maximum Gasteiger partial charge on any atom is 0.417 e. The predicted octanol–water partition coefficient (Wildman–Crippen LogP) is 4.23. The van der Waals surface area contributed by atoms with Crippen LogP contribution in [0.1, 0.15) is 34.5 Å². The van der Waals surface area contributed by atoms with Crippen molar-refractivity contribution >= 4 is 5.97 Å². The normalized spacial score (nSPS) is 15.1. The minimum Gasteiger partial charge on any atom is -0.462 e. The molecule has 4 nitrogen and oxygen atoms in total. The van der Waals surface area contributed by atoms with Crippen molar-refractivity contribution in [2.45, 2.75) is 26.1 Å². The Kier molecular flexibility index (Phi) is 4.60. The lowest BCUT2D eigenvalue weighted by atomic mass is 9.99. The van der Waals surface area contributed by atoms with Crippen LogP contribution in [0.15, 0.2) is 30.5 Å². The molecule has 0 saturated carbocycles. The SMILES string of the molecule is CCOC(=O)c1cn(C2COC2)c(-c2ccccc2C(F)(F)F)c1C. The first kappa shape index (κ1) is 17.5. The molecule has 1 aromatic carbocycles. The smallest absolute Gasteiger partial charge is 0.417 e. The van der Waals surface area contributed by atoms with Crippen LogP contribution in [0, 0.1) is 6.92 Å². The van der Waals surface area contributed by atoms with Gasteiger partial charge in [0.2, 0.25) is 0 Å². The molecule has 0 atom stereocenters. The second-order valence-electron chi connectivity index (χ2n) is 5.88. The van der Waals surface area contributed by atoms with Crippen molar-refractivity contribution in [2.24, 2.45) is 0 Å². The summed E-state index contributed by atoms with van der Waals surface area (Å²) in [7, 11) is 0. The molecule has 1 aliphatic heterocycles. The fraction of sp³-hybridized carbons (Fsp3) is 0.389. The van der Waals surface area contributed by atoms with E-state index in [0.717, 1.165) is 6.07 Å². The first-order valence-corrected chi connectivity index (χ1v) is 7.97. The molecule has 0 radical (unpaired) electrons. The Morgan fingerprint density at radius 1 is 1.32 bits per heavy atom. The molecule has 1 aromatic heterocycles. The summed E-state index contributed by atoms with van der Waals surface area (Å²) in [5.74, 6) is -0.537. The summed E-state index contributed by atoms with van der Waals surface area (Å²) in [6, 6.07) is 5.29. The fourth-order valence-electron chi connectivity index (χ4n) is 2.99. The third kappa shape index (κ3) is 3.16. The van der Waals surface area contributed by atoms with Gasteiger partial charge in [0.15, 0.2) is 0 Å². The van der Waals surface area contributed by atoms with Crippen molar-refractivity contribution in [1.82, 2.24) is 4.57 Å². The molecule has 0 aliphatic carbocycles. The van der Waals surface area contributed by atoms with Crippen molar-refractivity contribution in [3.63, 3.8) is 0 Å². The average molecular weight is 353 g/mol. The van der Waals surface area contributed by atoms with E-state index >= 15 is 0 Å². The summed E-state index contributed by atoms with van der Waals surface area (Å²) < 4.78 is 52.3. The molecule has 1 saturated heterocycles. The maximum atomic E-state index is 13.5. The lowest BCUT2D eigenvalue weighted by molar-refractivity contribution is -0.137. The largest absolute Gasteiger partial charge is 0.462 e. The predicted molar refractivity (Wildman–Crippen MR) is 85.4 cm³/mol. The van der Waals surface area contributed by atoms with Crippen LogP contribution in [0.5, 0.6) is 0 Å². The van der Waals surface area contributed by atoms with Gasteiger partial charge in [-0.05, 0) is 25.5 Å². The highest BCUT2D eigenvalue weighted by Crippen LogP contribution is 2.41. The van der Waals surface area contributed by atoms with Gasteiger partial charge in [0.25, 0.3) is 0 Å². The van der Waals surface area contributed by atoms with E-state index < -0.39 is 17.7 Å². The molecule has 0 bridgehead atoms. The first-order chi connectivity index (χ1) is 11.8. The molecule has 7 heteroatoms. The second kappa shape index (κ2) is 6.55. The Labute approximate surface area is 143 Å². The zero-order valence-electron chi connectivity index (χ0n) is 13.9. The molecular weight excluding hydrogens is 335 g/mol. The van der Waals surface area contributed by atoms with Crippen molar-refractivity contribution in [3.8, 4) is 11.3 Å². The lowest BCUT2D eigenvalue weighted by Gasteiger charge is -2.30. The summed E-state index contributed by atoms with van der Waals surface area (Å²) in [5, 5.41) is 0. The number of aromatic nitrogens is 1. The van der Waals surface area contributed by atoms with Crippen LogP contribution in [-0.4, -0.2) is 30.4 Å². The molecule has 134 valence electrons. The molecule has 0 unspecified atom stereocenters. The Morgan fingerprint density at radius 3 is 2.56 bits per heavy atom. The first-order valence-electron chi connectivity index (χ1n) is 7.97. The summed E-state index contributed by atoms with van der Waals surface area (Å²) in [6.07, 6.45) is -2.92. The van der Waals surface area contributed by atoms with Gasteiger partial charge in [-0.25, -0.2) is 4.79 Å². The zero-order valence-corrected chi connectivity index (χ0v) is 13.9. The van der Waals surface area contributed by atoms with Crippen molar-refractivity contribution in [2.75, 3.05) is 19.8 Å². The minimum atomic E-state index is -4.49. The summed E-state index contributed by atoms with van der Waals surface area (Å²) >= 11 is 0. The van der Waals surface area contributed by atoms with Crippen LogP contribution in [0.2, 0.25) is 0 Å². The number of alkyl halides is 3. The highest BCUT2D eigenvalue weighted by Gasteiger charge is 2.36. The summed E-state index contributed by atoms with van der Waals surface area (Å²) in [5.41, 5.74) is 0.454. The number of esters is 1. The van der Waals surface area contributed by atoms with Gasteiger partial charge >= 0.3 is 12.1 Å². The third-order valence-corrected chi connectivity index (χ3v) is 4.28. The number of carbonyl (C=O) groups excluding carboxylic acids is 1. The Balaban J connectivity index is 2.20. The molecule has 1 fully saturated rings. The Morgan fingerprint density at radius 2 is 2.00 bits per heavy atom. The molecule has 1 aliphatic rings. The van der Waals surface area contributed by atoms with E-state index in [2.05, 4.69) is 0 Å². The van der Waals surface area contributed by atoms with Crippen LogP contribution in [0.3, 0.4) is 0 Å². The molecule has 2 heterocycles. The number of halogens is 3. The number of rotatable bonds is 4. The third-order valence-electron chi connectivity index (χ3n) is 4.28. The van der Waals surface area contributed by atoms with Gasteiger partial charge in [-0.1, -0.05) is 18.2 Å². The van der Waals surface area contributed by atoms with E-state index in [1.807, 2.05) is 0 Å². The van der Waals surface area contributed by atoms with Gasteiger partial charge < -0.3 is 14.0 Å². The lowest BCUT2D eigenvalue weighted by Crippen LogP contribution is -2.30. The van der Waals surface area contributed by atoms with E-state index in [4.69, 9.17) is 9.47 Å². The molecular formula is C18H18F3NO3. The highest BCUT2D eigenvalue weighted by molar-refractivity contribution is 5.93. The van der Waals surface area contributed by atoms with E-state index in [-0.39, 0.29) is 23.8 Å². The minimum absolute atomic E-state index is 0.0509. The van der Waals surface area contributed by atoms with E-state index in [1.165, 1.54) is 12.1 Å². The quantitative estimate of drug-likeness (QED) is 0.773. The van der Waals surface area contributed by atoms with Crippen molar-refractivity contribution in [3.05, 3.63) is 47.2 Å². The Bertz CT molecular complexity index is 791. The number of hydrogen-bond acceptors (Lipinski definition) is 3. The number of ether oxygens (including phenoxy) is 2. The van der Waals surface area contributed by atoms with Crippen LogP contribution >= 0.6 is 0 Å². The van der Waals surface area contributed by atoms with Crippen LogP contribution < -0.4 is 0 Å². The molecule has 0 amide bonds. The average Bonchev–Trinajstić information content (AvgIpc) is 2.82. The van der Waals surface area contributed by atoms with Gasteiger partial charge in [-0.2, -0.15) is 13.2 Å². The highest BCUT2D eigenvalue weighted by atomic mass is 19.4. The van der Waals surface area contributed by atoms with Gasteiger partial charge in [0.05, 0.1) is 42.7 Å². The van der Waals surface area contributed by atoms with Gasteiger partial charge in [0.1, 0.15) is 0 Å². The maximum absolute atomic E-state index is 13.5. The number of benzene rings is 1. The molecule has 3 rings (SSSR count). The summed E-state index contributed by atoms with van der Waals surface area (Å²) in [6.45, 7) is 4.33. The molecule has 2 aromatic rings. The fourth-order valence-corrected chi connectivity index (χ4v) is 2.99. The molecule has 25 heavy (non-hydrogen) atoms. The molecule has 0 spiro atoms. The number of nitrogens with zero attached hydrogens (tertiary/aromatic N) is 1. The van der Waals surface area contributed by atoms with Gasteiger partial charge in [-0.3, -0.25) is 0 Å². The second-order valence-corrected chi connectivity index (χ2v) is 5.88. The van der Waals surface area contributed by atoms with Crippen molar-refractivity contribution < 1.29 is 27.4 Å². The zero-order chi connectivity index (χ0) is 18.2. The number of hydrogen-bond donors (Lipinski definition) is 0. The van der Waals surface area contributed by atoms with Crippen LogP contribution in [0.4, 0.5) is 13.2 Å². The van der Waals surface area contributed by atoms with Gasteiger partial charge in [-0.15, -0.1) is 0 Å². The Hall–Kier alpha value is -2.28. The van der Waals surface area contributed by atoms with E-state index in [9.17, 15) is 18.0 Å². The number of carbonyl (C=O) groups is 1. The topological polar surface area (TPSA) is 40.5 Å². The van der Waals surface area contributed by atoms with Crippen LogP contribution in [-0.2, 0) is 15.7 Å². The summed E-state index contributed by atoms with van der Waals surface area (Å²) in [4.78, 5) is 12.2. The van der Waals surface area contributed by atoms with Gasteiger partial charge in [0, 0.05) is 11.8 Å². The van der Waals surface area contributed by atoms with Crippen LogP contribution in [0.25, 0.3) is 11.3 Å². The standard InChI is InChI=1S/C18H18F3NO3/c1-3-25-17(23)14-8-22(12-9-24-10-12)16(11(14)2)13-6-4-5-7-15(13)18(19,20)21/h4-8,12H,3,9-10H2,1-2H3.